The number of nitrogens with one attached hydrogen (secondary N) is 1. The van der Waals surface area contributed by atoms with Crippen molar-refractivity contribution in [2.24, 2.45) is 5.92 Å². The lowest BCUT2D eigenvalue weighted by Crippen LogP contribution is -2.40. The highest BCUT2D eigenvalue weighted by molar-refractivity contribution is 5.97. The lowest BCUT2D eigenvalue weighted by Gasteiger charge is -2.31. The molecule has 1 heterocycles. The number of hydrogen-bond acceptors (Lipinski definition) is 4. The highest BCUT2D eigenvalue weighted by Gasteiger charge is 2.25. The van der Waals surface area contributed by atoms with Crippen LogP contribution in [0.4, 0.5) is 4.39 Å². The second-order valence-electron chi connectivity index (χ2n) is 7.35. The summed E-state index contributed by atoms with van der Waals surface area (Å²) >= 11 is 0. The molecule has 30 heavy (non-hydrogen) atoms. The van der Waals surface area contributed by atoms with Crippen LogP contribution in [0, 0.1) is 23.1 Å². The van der Waals surface area contributed by atoms with Crippen LogP contribution in [0.15, 0.2) is 54.6 Å². The molecule has 0 radical (unpaired) electrons. The number of benzene rings is 2. The molecular formula is C24H24FN3O2. The minimum Gasteiger partial charge on any atom is -0.351 e. The maximum atomic E-state index is 13.0. The van der Waals surface area contributed by atoms with Crippen molar-refractivity contribution in [3.8, 4) is 6.07 Å². The van der Waals surface area contributed by atoms with Crippen LogP contribution < -0.4 is 5.32 Å². The first-order chi connectivity index (χ1) is 14.5. The Bertz CT molecular complexity index is 955. The zero-order chi connectivity index (χ0) is 21.3. The van der Waals surface area contributed by atoms with Gasteiger partial charge in [0.15, 0.2) is 5.78 Å². The largest absolute Gasteiger partial charge is 0.351 e. The number of likely N-dealkylation sites (tertiary alicyclic amines) is 1. The Morgan fingerprint density at radius 2 is 1.90 bits per heavy atom. The molecule has 1 saturated heterocycles. The van der Waals surface area contributed by atoms with Gasteiger partial charge in [0.2, 0.25) is 5.91 Å². The maximum absolute atomic E-state index is 13.0. The van der Waals surface area contributed by atoms with E-state index in [1.807, 2.05) is 6.07 Å². The molecule has 154 valence electrons. The second-order valence-corrected chi connectivity index (χ2v) is 7.35. The third-order valence-electron chi connectivity index (χ3n) is 5.26. The van der Waals surface area contributed by atoms with Gasteiger partial charge in [0.25, 0.3) is 0 Å². The fourth-order valence-electron chi connectivity index (χ4n) is 3.55. The molecule has 1 N–H and O–H groups in total. The third-order valence-corrected chi connectivity index (χ3v) is 5.26. The molecule has 2 aromatic rings. The Morgan fingerprint density at radius 1 is 1.17 bits per heavy atom. The summed E-state index contributed by atoms with van der Waals surface area (Å²) < 4.78 is 13.0. The summed E-state index contributed by atoms with van der Waals surface area (Å²) in [6.45, 7) is 2.84. The molecule has 5 nitrogen and oxygen atoms in total. The summed E-state index contributed by atoms with van der Waals surface area (Å²) in [5.74, 6) is -0.477. The average Bonchev–Trinajstić information content (AvgIpc) is 2.78. The fourth-order valence-corrected chi connectivity index (χ4v) is 3.55. The van der Waals surface area contributed by atoms with E-state index in [1.54, 1.807) is 36.4 Å². The second kappa shape index (κ2) is 10.5. The van der Waals surface area contributed by atoms with E-state index in [9.17, 15) is 14.0 Å². The Hall–Kier alpha value is -3.30. The number of halogens is 1. The highest BCUT2D eigenvalue weighted by atomic mass is 19.1. The van der Waals surface area contributed by atoms with Crippen LogP contribution in [0.25, 0.3) is 6.08 Å². The smallest absolute Gasteiger partial charge is 0.244 e. The van der Waals surface area contributed by atoms with Gasteiger partial charge < -0.3 is 10.2 Å². The lowest BCUT2D eigenvalue weighted by molar-refractivity contribution is -0.116. The van der Waals surface area contributed by atoms with Gasteiger partial charge in [-0.2, -0.15) is 5.26 Å². The topological polar surface area (TPSA) is 73.2 Å². The van der Waals surface area contributed by atoms with Gasteiger partial charge in [-0.3, -0.25) is 9.59 Å². The van der Waals surface area contributed by atoms with Crippen LogP contribution >= 0.6 is 0 Å². The maximum Gasteiger partial charge on any atom is 0.244 e. The standard InChI is InChI=1S/C24H24FN3O2/c25-22-7-5-20(6-8-22)24(30)21-10-13-28(14-11-21)15-12-27-23(29)9-4-18-2-1-3-19(16-18)17-26/h1-9,16,21H,10-15H2,(H,27,29)/b9-4+. The van der Waals surface area contributed by atoms with Gasteiger partial charge in [-0.05, 0) is 74.0 Å². The van der Waals surface area contributed by atoms with Gasteiger partial charge in [0, 0.05) is 30.6 Å². The van der Waals surface area contributed by atoms with Crippen LogP contribution in [0.3, 0.4) is 0 Å². The van der Waals surface area contributed by atoms with Gasteiger partial charge in [-0.15, -0.1) is 0 Å². The predicted octanol–water partition coefficient (Wildman–Crippen LogP) is 3.42. The molecule has 0 atom stereocenters. The molecule has 3 rings (SSSR count). The van der Waals surface area contributed by atoms with Crippen molar-refractivity contribution in [2.45, 2.75) is 12.8 Å². The number of rotatable bonds is 7. The number of Topliss-reactive ketones (excluding diaryl/α,β-unsaturated/α-hetero) is 1. The molecule has 0 saturated carbocycles. The zero-order valence-electron chi connectivity index (χ0n) is 16.7. The summed E-state index contributed by atoms with van der Waals surface area (Å²) in [4.78, 5) is 26.7. The van der Waals surface area contributed by atoms with Crippen LogP contribution in [0.5, 0.6) is 0 Å². The number of carbonyl (C=O) groups excluding carboxylic acids is 2. The molecule has 1 fully saturated rings. The highest BCUT2D eigenvalue weighted by Crippen LogP contribution is 2.21. The van der Waals surface area contributed by atoms with E-state index in [0.717, 1.165) is 38.0 Å². The van der Waals surface area contributed by atoms with Crippen molar-refractivity contribution in [3.63, 3.8) is 0 Å². The number of amides is 1. The molecule has 0 aromatic heterocycles. The molecule has 0 unspecified atom stereocenters. The first kappa shape index (κ1) is 21.4. The third kappa shape index (κ3) is 6.10. The summed E-state index contributed by atoms with van der Waals surface area (Å²) in [5.41, 5.74) is 1.92. The van der Waals surface area contributed by atoms with Gasteiger partial charge >= 0.3 is 0 Å². The predicted molar refractivity (Wildman–Crippen MR) is 113 cm³/mol. The summed E-state index contributed by atoms with van der Waals surface area (Å²) in [6.07, 6.45) is 4.67. The first-order valence-electron chi connectivity index (χ1n) is 10.0. The van der Waals surface area contributed by atoms with Crippen LogP contribution in [-0.2, 0) is 4.79 Å². The lowest BCUT2D eigenvalue weighted by atomic mass is 9.89. The van der Waals surface area contributed by atoms with E-state index in [1.165, 1.54) is 18.2 Å². The molecule has 2 aromatic carbocycles. The van der Waals surface area contributed by atoms with Gasteiger partial charge in [0.1, 0.15) is 5.82 Å². The first-order valence-corrected chi connectivity index (χ1v) is 10.0. The summed E-state index contributed by atoms with van der Waals surface area (Å²) in [5, 5.41) is 11.8. The molecule has 0 spiro atoms. The zero-order valence-corrected chi connectivity index (χ0v) is 16.7. The molecule has 1 amide bonds. The minimum atomic E-state index is -0.339. The Balaban J connectivity index is 1.38. The molecule has 0 bridgehead atoms. The monoisotopic (exact) mass is 405 g/mol. The fraction of sp³-hybridized carbons (Fsp3) is 0.292. The Kier molecular flexibility index (Phi) is 7.47. The van der Waals surface area contributed by atoms with Crippen LogP contribution in [0.2, 0.25) is 0 Å². The van der Waals surface area contributed by atoms with E-state index < -0.39 is 0 Å². The minimum absolute atomic E-state index is 0.0339. The van der Waals surface area contributed by atoms with E-state index >= 15 is 0 Å². The van der Waals surface area contributed by atoms with Crippen molar-refractivity contribution in [2.75, 3.05) is 26.2 Å². The number of nitriles is 1. The van der Waals surface area contributed by atoms with Crippen molar-refractivity contribution in [1.82, 2.24) is 10.2 Å². The number of nitrogens with zero attached hydrogens (tertiary/aromatic N) is 2. The van der Waals surface area contributed by atoms with Gasteiger partial charge in [-0.1, -0.05) is 12.1 Å². The average molecular weight is 405 g/mol. The van der Waals surface area contributed by atoms with Crippen molar-refractivity contribution in [1.29, 1.82) is 5.26 Å². The van der Waals surface area contributed by atoms with Crippen LogP contribution in [-0.4, -0.2) is 42.8 Å². The Labute approximate surface area is 175 Å². The van der Waals surface area contributed by atoms with Crippen molar-refractivity contribution >= 4 is 17.8 Å². The molecular weight excluding hydrogens is 381 g/mol. The Morgan fingerprint density at radius 3 is 2.60 bits per heavy atom. The van der Waals surface area contributed by atoms with E-state index in [0.29, 0.717) is 17.7 Å². The van der Waals surface area contributed by atoms with Gasteiger partial charge in [-0.25, -0.2) is 4.39 Å². The number of ketones is 1. The van der Waals surface area contributed by atoms with Crippen LogP contribution in [0.1, 0.15) is 34.3 Å². The van der Waals surface area contributed by atoms with E-state index in [2.05, 4.69) is 16.3 Å². The number of carbonyl (C=O) groups is 2. The van der Waals surface area contributed by atoms with E-state index in [4.69, 9.17) is 5.26 Å². The molecule has 0 aliphatic carbocycles. The van der Waals surface area contributed by atoms with Gasteiger partial charge in [0.05, 0.1) is 11.6 Å². The molecule has 1 aliphatic heterocycles. The van der Waals surface area contributed by atoms with E-state index in [-0.39, 0.29) is 23.4 Å². The van der Waals surface area contributed by atoms with Crippen molar-refractivity contribution < 1.29 is 14.0 Å². The SMILES string of the molecule is N#Cc1cccc(/C=C/C(=O)NCCN2CCC(C(=O)c3ccc(F)cc3)CC2)c1. The summed E-state index contributed by atoms with van der Waals surface area (Å²) in [6, 6.07) is 14.9. The summed E-state index contributed by atoms with van der Waals surface area (Å²) in [7, 11) is 0. The molecule has 6 heteroatoms. The van der Waals surface area contributed by atoms with Crippen molar-refractivity contribution in [3.05, 3.63) is 77.1 Å². The normalized spacial score (nSPS) is 15.1. The molecule has 1 aliphatic rings. The number of piperidine rings is 1. The number of hydrogen-bond donors (Lipinski definition) is 1. The quantitative estimate of drug-likeness (QED) is 0.566.